The molecule has 0 heterocycles. The molecule has 0 N–H and O–H groups in total. The van der Waals surface area contributed by atoms with E-state index in [9.17, 15) is 0 Å². The van der Waals surface area contributed by atoms with Crippen LogP contribution in [0.2, 0.25) is 0 Å². The van der Waals surface area contributed by atoms with Crippen molar-refractivity contribution in [3.05, 3.63) is 40.3 Å². The second-order valence-electron chi connectivity index (χ2n) is 3.20. The van der Waals surface area contributed by atoms with Crippen LogP contribution >= 0.6 is 0 Å². The smallest absolute Gasteiger partial charge is 0.119 e. The molecule has 0 aliphatic heterocycles. The fraction of sp³-hybridized carbons (Fsp3) is 0.400. The van der Waals surface area contributed by atoms with E-state index in [2.05, 4.69) is 10.0 Å². The highest BCUT2D eigenvalue weighted by Crippen LogP contribution is 2.15. The molecule has 0 aromatic heterocycles. The summed E-state index contributed by atoms with van der Waals surface area (Å²) in [7, 11) is 0. The highest BCUT2D eigenvalue weighted by molar-refractivity contribution is 5.28. The Hall–Kier alpha value is -1.67. The molecule has 4 nitrogen and oxygen atoms in total. The quantitative estimate of drug-likeness (QED) is 0.409. The van der Waals surface area contributed by atoms with E-state index < -0.39 is 0 Å². The topological polar surface area (TPSA) is 58.0 Å². The van der Waals surface area contributed by atoms with E-state index in [1.54, 1.807) is 0 Å². The number of hydrogen-bond donors (Lipinski definition) is 0. The van der Waals surface area contributed by atoms with Gasteiger partial charge in [-0.1, -0.05) is 17.2 Å². The zero-order chi connectivity index (χ0) is 10.4. The van der Waals surface area contributed by atoms with Crippen molar-refractivity contribution in [2.24, 2.45) is 5.11 Å². The average Bonchev–Trinajstić information content (AvgIpc) is 2.14. The summed E-state index contributed by atoms with van der Waals surface area (Å²) in [6, 6.07) is 7.57. The first-order chi connectivity index (χ1) is 6.72. The Kier molecular flexibility index (Phi) is 3.83. The molecule has 1 aromatic carbocycles. The summed E-state index contributed by atoms with van der Waals surface area (Å²) in [6.45, 7) is 4.31. The van der Waals surface area contributed by atoms with Gasteiger partial charge in [0.25, 0.3) is 0 Å². The van der Waals surface area contributed by atoms with Crippen molar-refractivity contribution in [2.45, 2.75) is 26.5 Å². The van der Waals surface area contributed by atoms with Gasteiger partial charge in [0, 0.05) is 4.91 Å². The molecule has 4 heteroatoms. The number of ether oxygens (including phenoxy) is 1. The molecule has 0 saturated heterocycles. The second-order valence-corrected chi connectivity index (χ2v) is 3.20. The fourth-order valence-corrected chi connectivity index (χ4v) is 1.10. The molecular formula is C10H13N3O. The molecule has 14 heavy (non-hydrogen) atoms. The Labute approximate surface area is 83.1 Å². The maximum absolute atomic E-state index is 8.17. The second kappa shape index (κ2) is 5.14. The molecule has 1 rings (SSSR count). The average molecular weight is 191 g/mol. The van der Waals surface area contributed by atoms with Gasteiger partial charge < -0.3 is 4.74 Å². The van der Waals surface area contributed by atoms with Gasteiger partial charge in [-0.3, -0.25) is 0 Å². The van der Waals surface area contributed by atoms with Crippen molar-refractivity contribution in [1.29, 1.82) is 0 Å². The third-order valence-electron chi connectivity index (χ3n) is 1.59. The summed E-state index contributed by atoms with van der Waals surface area (Å²) in [5.74, 6) is 0.811. The number of hydrogen-bond acceptors (Lipinski definition) is 2. The van der Waals surface area contributed by atoms with E-state index in [1.165, 1.54) is 0 Å². The van der Waals surface area contributed by atoms with Gasteiger partial charge in [0.05, 0.1) is 12.6 Å². The molecule has 0 amide bonds. The summed E-state index contributed by atoms with van der Waals surface area (Å²) < 4.78 is 5.50. The van der Waals surface area contributed by atoms with Crippen molar-refractivity contribution >= 4 is 0 Å². The largest absolute Gasteiger partial charge is 0.491 e. The minimum atomic E-state index is 0.157. The first-order valence-corrected chi connectivity index (χ1v) is 4.49. The molecule has 0 aliphatic rings. The van der Waals surface area contributed by atoms with Gasteiger partial charge >= 0.3 is 0 Å². The van der Waals surface area contributed by atoms with Gasteiger partial charge in [0.1, 0.15) is 5.75 Å². The van der Waals surface area contributed by atoms with E-state index >= 15 is 0 Å². The number of azide groups is 1. The molecule has 0 bridgehead atoms. The lowest BCUT2D eigenvalue weighted by Gasteiger charge is -2.09. The molecule has 0 atom stereocenters. The minimum Gasteiger partial charge on any atom is -0.491 e. The van der Waals surface area contributed by atoms with Crippen LogP contribution in [0.1, 0.15) is 19.4 Å². The molecule has 0 fully saturated rings. The van der Waals surface area contributed by atoms with Crippen LogP contribution in [0, 0.1) is 0 Å². The Morgan fingerprint density at radius 2 is 2.29 bits per heavy atom. The Morgan fingerprint density at radius 1 is 1.50 bits per heavy atom. The Balaban J connectivity index is 2.73. The molecule has 1 aromatic rings. The van der Waals surface area contributed by atoms with Crippen molar-refractivity contribution in [3.8, 4) is 5.75 Å². The fourth-order valence-electron chi connectivity index (χ4n) is 1.10. The van der Waals surface area contributed by atoms with Crippen molar-refractivity contribution in [3.63, 3.8) is 0 Å². The van der Waals surface area contributed by atoms with Gasteiger partial charge in [-0.25, -0.2) is 0 Å². The molecule has 74 valence electrons. The van der Waals surface area contributed by atoms with Crippen LogP contribution in [0.3, 0.4) is 0 Å². The molecule has 0 spiro atoms. The lowest BCUT2D eigenvalue weighted by Crippen LogP contribution is -2.05. The lowest BCUT2D eigenvalue weighted by atomic mass is 10.2. The maximum Gasteiger partial charge on any atom is 0.119 e. The van der Waals surface area contributed by atoms with E-state index in [4.69, 9.17) is 10.3 Å². The van der Waals surface area contributed by atoms with Gasteiger partial charge in [-0.15, -0.1) is 0 Å². The number of nitrogens with zero attached hydrogens (tertiary/aromatic N) is 3. The summed E-state index contributed by atoms with van der Waals surface area (Å²) in [5.41, 5.74) is 9.13. The van der Waals surface area contributed by atoms with Gasteiger partial charge in [-0.2, -0.15) is 0 Å². The Bertz CT molecular complexity index is 343. The molecule has 0 aliphatic carbocycles. The van der Waals surface area contributed by atoms with E-state index in [-0.39, 0.29) is 6.10 Å². The first-order valence-electron chi connectivity index (χ1n) is 4.49. The van der Waals surface area contributed by atoms with Gasteiger partial charge in [0.15, 0.2) is 0 Å². The number of benzene rings is 1. The van der Waals surface area contributed by atoms with Crippen LogP contribution in [0.4, 0.5) is 0 Å². The van der Waals surface area contributed by atoms with E-state index in [0.717, 1.165) is 11.3 Å². The van der Waals surface area contributed by atoms with E-state index in [1.807, 2.05) is 38.1 Å². The van der Waals surface area contributed by atoms with Crippen LogP contribution in [0.25, 0.3) is 10.4 Å². The molecule has 0 radical (unpaired) electrons. The highest BCUT2D eigenvalue weighted by atomic mass is 16.5. The third-order valence-corrected chi connectivity index (χ3v) is 1.59. The van der Waals surface area contributed by atoms with Crippen LogP contribution < -0.4 is 4.74 Å². The van der Waals surface area contributed by atoms with Crippen LogP contribution in [0.5, 0.6) is 5.75 Å². The zero-order valence-corrected chi connectivity index (χ0v) is 8.34. The van der Waals surface area contributed by atoms with Crippen molar-refractivity contribution in [1.82, 2.24) is 0 Å². The lowest BCUT2D eigenvalue weighted by molar-refractivity contribution is 0.242. The van der Waals surface area contributed by atoms with Crippen LogP contribution in [-0.4, -0.2) is 6.10 Å². The van der Waals surface area contributed by atoms with Crippen molar-refractivity contribution < 1.29 is 4.74 Å². The van der Waals surface area contributed by atoms with Crippen molar-refractivity contribution in [2.75, 3.05) is 0 Å². The van der Waals surface area contributed by atoms with E-state index in [0.29, 0.717) is 6.54 Å². The molecular weight excluding hydrogens is 178 g/mol. The molecule has 0 unspecified atom stereocenters. The summed E-state index contributed by atoms with van der Waals surface area (Å²) in [4.78, 5) is 2.71. The predicted molar refractivity (Wildman–Crippen MR) is 55.1 cm³/mol. The number of rotatable bonds is 4. The minimum absolute atomic E-state index is 0.157. The van der Waals surface area contributed by atoms with Crippen LogP contribution in [-0.2, 0) is 6.54 Å². The first kappa shape index (κ1) is 10.4. The summed E-state index contributed by atoms with van der Waals surface area (Å²) in [6.07, 6.45) is 0.157. The maximum atomic E-state index is 8.17. The van der Waals surface area contributed by atoms with Gasteiger partial charge in [0.2, 0.25) is 0 Å². The monoisotopic (exact) mass is 191 g/mol. The Morgan fingerprint density at radius 3 is 2.93 bits per heavy atom. The standard InChI is InChI=1S/C10H13N3O/c1-8(2)14-10-5-3-4-9(6-10)7-12-13-11/h3-6,8H,7H2,1-2H3. The summed E-state index contributed by atoms with van der Waals surface area (Å²) in [5, 5.41) is 3.49. The highest BCUT2D eigenvalue weighted by Gasteiger charge is 1.98. The van der Waals surface area contributed by atoms with Gasteiger partial charge in [-0.05, 0) is 37.1 Å². The molecule has 0 saturated carbocycles. The zero-order valence-electron chi connectivity index (χ0n) is 8.34. The summed E-state index contributed by atoms with van der Waals surface area (Å²) >= 11 is 0. The normalized spacial score (nSPS) is 9.64. The third kappa shape index (κ3) is 3.37. The predicted octanol–water partition coefficient (Wildman–Crippen LogP) is 3.28. The SMILES string of the molecule is CC(C)Oc1cccc(CN=[N+]=[N-])c1. The van der Waals surface area contributed by atoms with Crippen LogP contribution in [0.15, 0.2) is 29.4 Å².